The van der Waals surface area contributed by atoms with Crippen LogP contribution in [0.2, 0.25) is 0 Å². The number of ether oxygens (including phenoxy) is 3. The normalized spacial score (nSPS) is 15.4. The molecule has 140 valence electrons. The standard InChI is InChI=1S/C20H19NO5S/c1-12-6-5-7-14(8-12)21-19(22)17(27-20(21)23)11-13-9-15(24-2)18(26-4)16(10-13)25-3/h5-11H,1-4H3/b17-11-. The molecule has 0 atom stereocenters. The Morgan fingerprint density at radius 3 is 2.19 bits per heavy atom. The van der Waals surface area contributed by atoms with Crippen LogP contribution in [0.3, 0.4) is 0 Å². The Morgan fingerprint density at radius 2 is 1.63 bits per heavy atom. The summed E-state index contributed by atoms with van der Waals surface area (Å²) in [5, 5.41) is -0.329. The molecule has 1 aliphatic heterocycles. The lowest BCUT2D eigenvalue weighted by atomic mass is 10.1. The van der Waals surface area contributed by atoms with E-state index in [4.69, 9.17) is 14.2 Å². The number of rotatable bonds is 5. The average molecular weight is 385 g/mol. The van der Waals surface area contributed by atoms with Gasteiger partial charge in [0.2, 0.25) is 5.75 Å². The Labute approximate surface area is 161 Å². The van der Waals surface area contributed by atoms with Gasteiger partial charge in [0, 0.05) is 0 Å². The number of methoxy groups -OCH3 is 3. The van der Waals surface area contributed by atoms with Crippen molar-refractivity contribution >= 4 is 34.7 Å². The molecule has 1 aliphatic rings. The second-order valence-electron chi connectivity index (χ2n) is 5.81. The molecule has 0 unspecified atom stereocenters. The van der Waals surface area contributed by atoms with E-state index in [-0.39, 0.29) is 11.1 Å². The van der Waals surface area contributed by atoms with Gasteiger partial charge in [-0.1, -0.05) is 12.1 Å². The van der Waals surface area contributed by atoms with Gasteiger partial charge in [0.1, 0.15) is 0 Å². The molecule has 0 spiro atoms. The number of imide groups is 1. The first kappa shape index (κ1) is 18.8. The summed E-state index contributed by atoms with van der Waals surface area (Å²) in [6, 6.07) is 10.7. The second kappa shape index (κ2) is 7.75. The van der Waals surface area contributed by atoms with Crippen LogP contribution >= 0.6 is 11.8 Å². The number of nitrogens with zero attached hydrogens (tertiary/aromatic N) is 1. The average Bonchev–Trinajstić information content (AvgIpc) is 2.94. The number of aryl methyl sites for hydroxylation is 1. The molecule has 1 fully saturated rings. The van der Waals surface area contributed by atoms with Crippen molar-refractivity contribution in [3.63, 3.8) is 0 Å². The van der Waals surface area contributed by atoms with Crippen LogP contribution in [0.5, 0.6) is 17.2 Å². The van der Waals surface area contributed by atoms with Crippen LogP contribution in [0.25, 0.3) is 6.08 Å². The lowest BCUT2D eigenvalue weighted by Gasteiger charge is -2.13. The van der Waals surface area contributed by atoms with Gasteiger partial charge in [-0.15, -0.1) is 0 Å². The van der Waals surface area contributed by atoms with Crippen molar-refractivity contribution in [2.24, 2.45) is 0 Å². The third kappa shape index (κ3) is 3.64. The summed E-state index contributed by atoms with van der Waals surface area (Å²) in [5.41, 5.74) is 2.20. The van der Waals surface area contributed by atoms with E-state index >= 15 is 0 Å². The zero-order valence-electron chi connectivity index (χ0n) is 15.4. The molecule has 1 heterocycles. The number of hydrogen-bond acceptors (Lipinski definition) is 6. The number of anilines is 1. The summed E-state index contributed by atoms with van der Waals surface area (Å²) in [7, 11) is 4.56. The number of carbonyl (C=O) groups is 2. The fourth-order valence-electron chi connectivity index (χ4n) is 2.79. The van der Waals surface area contributed by atoms with Crippen molar-refractivity contribution < 1.29 is 23.8 Å². The van der Waals surface area contributed by atoms with Crippen molar-refractivity contribution in [3.8, 4) is 17.2 Å². The molecule has 3 rings (SSSR count). The Hall–Kier alpha value is -2.93. The van der Waals surface area contributed by atoms with Crippen molar-refractivity contribution in [2.75, 3.05) is 26.2 Å². The van der Waals surface area contributed by atoms with E-state index < -0.39 is 0 Å². The predicted octanol–water partition coefficient (Wildman–Crippen LogP) is 4.26. The Balaban J connectivity index is 1.99. The summed E-state index contributed by atoms with van der Waals surface area (Å²) in [6.45, 7) is 1.91. The number of hydrogen-bond donors (Lipinski definition) is 0. The van der Waals surface area contributed by atoms with E-state index in [1.54, 1.807) is 30.3 Å². The lowest BCUT2D eigenvalue weighted by molar-refractivity contribution is -0.113. The molecule has 27 heavy (non-hydrogen) atoms. The number of amides is 2. The van der Waals surface area contributed by atoms with Gasteiger partial charge in [0.05, 0.1) is 31.9 Å². The van der Waals surface area contributed by atoms with E-state index in [1.165, 1.54) is 26.2 Å². The van der Waals surface area contributed by atoms with E-state index in [2.05, 4.69) is 0 Å². The molecular formula is C20H19NO5S. The molecule has 0 bridgehead atoms. The quantitative estimate of drug-likeness (QED) is 0.717. The molecule has 0 radical (unpaired) electrons. The van der Waals surface area contributed by atoms with Gasteiger partial charge < -0.3 is 14.2 Å². The minimum atomic E-state index is -0.357. The zero-order chi connectivity index (χ0) is 19.6. The molecule has 0 aromatic heterocycles. The van der Waals surface area contributed by atoms with Crippen LogP contribution in [-0.4, -0.2) is 32.5 Å². The number of carbonyl (C=O) groups excluding carboxylic acids is 2. The van der Waals surface area contributed by atoms with Crippen molar-refractivity contribution in [1.29, 1.82) is 0 Å². The van der Waals surface area contributed by atoms with E-state index in [0.717, 1.165) is 17.3 Å². The first-order chi connectivity index (χ1) is 13.0. The van der Waals surface area contributed by atoms with Crippen LogP contribution in [0.1, 0.15) is 11.1 Å². The molecule has 7 heteroatoms. The first-order valence-corrected chi connectivity index (χ1v) is 8.94. The first-order valence-electron chi connectivity index (χ1n) is 8.13. The molecular weight excluding hydrogens is 366 g/mol. The minimum absolute atomic E-state index is 0.329. The molecule has 0 N–H and O–H groups in total. The third-order valence-corrected chi connectivity index (χ3v) is 4.91. The fraction of sp³-hybridized carbons (Fsp3) is 0.200. The summed E-state index contributed by atoms with van der Waals surface area (Å²) < 4.78 is 16.0. The molecule has 2 aromatic rings. The molecule has 0 aliphatic carbocycles. The van der Waals surface area contributed by atoms with Crippen molar-refractivity contribution in [3.05, 3.63) is 52.4 Å². The number of thioether (sulfide) groups is 1. The highest BCUT2D eigenvalue weighted by molar-refractivity contribution is 8.19. The van der Waals surface area contributed by atoms with Gasteiger partial charge in [-0.3, -0.25) is 9.59 Å². The molecule has 2 amide bonds. The second-order valence-corrected chi connectivity index (χ2v) is 6.81. The summed E-state index contributed by atoms with van der Waals surface area (Å²) in [5.74, 6) is 1.05. The molecule has 6 nitrogen and oxygen atoms in total. The minimum Gasteiger partial charge on any atom is -0.493 e. The van der Waals surface area contributed by atoms with Gasteiger partial charge in [-0.05, 0) is 60.2 Å². The monoisotopic (exact) mass is 385 g/mol. The summed E-state index contributed by atoms with van der Waals surface area (Å²) in [4.78, 5) is 26.7. The molecule has 1 saturated heterocycles. The van der Waals surface area contributed by atoms with Gasteiger partial charge in [-0.25, -0.2) is 4.90 Å². The Morgan fingerprint density at radius 1 is 0.963 bits per heavy atom. The van der Waals surface area contributed by atoms with Crippen LogP contribution in [0, 0.1) is 6.92 Å². The highest BCUT2D eigenvalue weighted by Gasteiger charge is 2.36. The SMILES string of the molecule is COc1cc(/C=C2\SC(=O)N(c3cccc(C)c3)C2=O)cc(OC)c1OC. The van der Waals surface area contributed by atoms with E-state index in [0.29, 0.717) is 33.4 Å². The zero-order valence-corrected chi connectivity index (χ0v) is 16.3. The summed E-state index contributed by atoms with van der Waals surface area (Å²) >= 11 is 0.900. The van der Waals surface area contributed by atoms with Crippen LogP contribution in [-0.2, 0) is 4.79 Å². The summed E-state index contributed by atoms with van der Waals surface area (Å²) in [6.07, 6.45) is 1.64. The smallest absolute Gasteiger partial charge is 0.298 e. The van der Waals surface area contributed by atoms with Crippen LogP contribution in [0.15, 0.2) is 41.3 Å². The maximum absolute atomic E-state index is 12.8. The maximum Gasteiger partial charge on any atom is 0.298 e. The van der Waals surface area contributed by atoms with Crippen molar-refractivity contribution in [2.45, 2.75) is 6.92 Å². The predicted molar refractivity (Wildman–Crippen MR) is 106 cm³/mol. The topological polar surface area (TPSA) is 65.1 Å². The van der Waals surface area contributed by atoms with Crippen molar-refractivity contribution in [1.82, 2.24) is 0 Å². The number of benzene rings is 2. The maximum atomic E-state index is 12.8. The van der Waals surface area contributed by atoms with Crippen LogP contribution in [0.4, 0.5) is 10.5 Å². The van der Waals surface area contributed by atoms with Gasteiger partial charge in [0.15, 0.2) is 11.5 Å². The van der Waals surface area contributed by atoms with E-state index in [1.807, 2.05) is 19.1 Å². The van der Waals surface area contributed by atoms with Gasteiger partial charge in [-0.2, -0.15) is 0 Å². The van der Waals surface area contributed by atoms with E-state index in [9.17, 15) is 9.59 Å². The molecule has 2 aromatic carbocycles. The van der Waals surface area contributed by atoms with Crippen LogP contribution < -0.4 is 19.1 Å². The third-order valence-electron chi connectivity index (χ3n) is 4.04. The fourth-order valence-corrected chi connectivity index (χ4v) is 3.63. The largest absolute Gasteiger partial charge is 0.493 e. The molecule has 0 saturated carbocycles. The lowest BCUT2D eigenvalue weighted by Crippen LogP contribution is -2.27. The van der Waals surface area contributed by atoms with Gasteiger partial charge in [0.25, 0.3) is 11.1 Å². The Kier molecular flexibility index (Phi) is 5.41. The highest BCUT2D eigenvalue weighted by atomic mass is 32.2. The van der Waals surface area contributed by atoms with Gasteiger partial charge >= 0.3 is 0 Å². The highest BCUT2D eigenvalue weighted by Crippen LogP contribution is 2.41. The Bertz CT molecular complexity index is 913.